The van der Waals surface area contributed by atoms with E-state index in [0.29, 0.717) is 13.0 Å². The molecule has 0 bridgehead atoms. The van der Waals surface area contributed by atoms with Crippen LogP contribution in [0, 0.1) is 5.82 Å². The molecular weight excluding hydrogens is 237 g/mol. The number of rotatable bonds is 6. The predicted molar refractivity (Wildman–Crippen MR) is 64.4 cm³/mol. The van der Waals surface area contributed by atoms with E-state index < -0.39 is 5.97 Å². The van der Waals surface area contributed by atoms with Crippen LogP contribution in [0.3, 0.4) is 0 Å². The third-order valence-corrected chi connectivity index (χ3v) is 2.29. The largest absolute Gasteiger partial charge is 0.465 e. The fourth-order valence-electron chi connectivity index (χ4n) is 1.38. The topological polar surface area (TPSA) is 55.4 Å². The van der Waals surface area contributed by atoms with Crippen molar-refractivity contribution in [3.8, 4) is 0 Å². The quantitative estimate of drug-likeness (QED) is 0.780. The van der Waals surface area contributed by atoms with Gasteiger partial charge in [-0.1, -0.05) is 12.1 Å². The summed E-state index contributed by atoms with van der Waals surface area (Å²) in [7, 11) is 0. The fraction of sp³-hybridized carbons (Fsp3) is 0.385. The average Bonchev–Trinajstić information content (AvgIpc) is 2.36. The molecule has 0 aromatic heterocycles. The van der Waals surface area contributed by atoms with Crippen LogP contribution in [-0.2, 0) is 20.7 Å². The SMILES string of the molecule is CCOC(=O)CNC(=O)CCc1ccc(F)cc1. The first-order valence-corrected chi connectivity index (χ1v) is 5.78. The molecule has 1 N–H and O–H groups in total. The summed E-state index contributed by atoms with van der Waals surface area (Å²) in [5.74, 6) is -0.981. The number of nitrogens with one attached hydrogen (secondary N) is 1. The first-order chi connectivity index (χ1) is 8.61. The third kappa shape index (κ3) is 5.43. The lowest BCUT2D eigenvalue weighted by atomic mass is 10.1. The lowest BCUT2D eigenvalue weighted by Gasteiger charge is -2.05. The molecule has 1 aromatic rings. The second-order valence-corrected chi connectivity index (χ2v) is 3.71. The molecule has 98 valence electrons. The Bertz CT molecular complexity index is 403. The van der Waals surface area contributed by atoms with Gasteiger partial charge in [-0.3, -0.25) is 9.59 Å². The molecule has 0 radical (unpaired) electrons. The zero-order valence-corrected chi connectivity index (χ0v) is 10.2. The molecule has 0 aliphatic carbocycles. The predicted octanol–water partition coefficient (Wildman–Crippen LogP) is 1.44. The van der Waals surface area contributed by atoms with Gasteiger partial charge in [-0.05, 0) is 31.0 Å². The second kappa shape index (κ2) is 7.42. The monoisotopic (exact) mass is 253 g/mol. The highest BCUT2D eigenvalue weighted by Gasteiger charge is 2.06. The summed E-state index contributed by atoms with van der Waals surface area (Å²) in [6.45, 7) is 1.88. The smallest absolute Gasteiger partial charge is 0.325 e. The molecule has 0 unspecified atom stereocenters. The third-order valence-electron chi connectivity index (χ3n) is 2.29. The lowest BCUT2D eigenvalue weighted by molar-refractivity contribution is -0.143. The molecule has 0 heterocycles. The highest BCUT2D eigenvalue weighted by Crippen LogP contribution is 2.05. The maximum atomic E-state index is 12.6. The number of aryl methyl sites for hydroxylation is 1. The molecule has 5 heteroatoms. The van der Waals surface area contributed by atoms with E-state index in [2.05, 4.69) is 10.1 Å². The van der Waals surface area contributed by atoms with E-state index in [1.807, 2.05) is 0 Å². The normalized spacial score (nSPS) is 9.89. The van der Waals surface area contributed by atoms with Gasteiger partial charge >= 0.3 is 5.97 Å². The Hall–Kier alpha value is -1.91. The van der Waals surface area contributed by atoms with Crippen LogP contribution in [0.15, 0.2) is 24.3 Å². The number of hydrogen-bond donors (Lipinski definition) is 1. The molecule has 0 fully saturated rings. The van der Waals surface area contributed by atoms with Crippen molar-refractivity contribution in [2.24, 2.45) is 0 Å². The molecule has 1 aromatic carbocycles. The van der Waals surface area contributed by atoms with E-state index in [-0.39, 0.29) is 24.7 Å². The van der Waals surface area contributed by atoms with Crippen molar-refractivity contribution in [1.29, 1.82) is 0 Å². The zero-order valence-electron chi connectivity index (χ0n) is 10.2. The van der Waals surface area contributed by atoms with Gasteiger partial charge in [0.25, 0.3) is 0 Å². The van der Waals surface area contributed by atoms with E-state index >= 15 is 0 Å². The first kappa shape index (κ1) is 14.2. The number of esters is 1. The summed E-state index contributed by atoms with van der Waals surface area (Å²) in [5, 5.41) is 2.46. The summed E-state index contributed by atoms with van der Waals surface area (Å²) < 4.78 is 17.3. The number of carbonyl (C=O) groups is 2. The summed E-state index contributed by atoms with van der Waals surface area (Å²) >= 11 is 0. The van der Waals surface area contributed by atoms with Crippen LogP contribution in [-0.4, -0.2) is 25.0 Å². The Morgan fingerprint density at radius 3 is 2.56 bits per heavy atom. The first-order valence-electron chi connectivity index (χ1n) is 5.78. The number of amides is 1. The summed E-state index contributed by atoms with van der Waals surface area (Å²) in [4.78, 5) is 22.4. The molecular formula is C13H16FNO3. The van der Waals surface area contributed by atoms with Gasteiger partial charge in [0.2, 0.25) is 5.91 Å². The van der Waals surface area contributed by atoms with Crippen LogP contribution in [0.25, 0.3) is 0 Å². The van der Waals surface area contributed by atoms with Gasteiger partial charge in [0.15, 0.2) is 0 Å². The molecule has 1 rings (SSSR count). The standard InChI is InChI=1S/C13H16FNO3/c1-2-18-13(17)9-15-12(16)8-5-10-3-6-11(14)7-4-10/h3-4,6-7H,2,5,8-9H2,1H3,(H,15,16). The van der Waals surface area contributed by atoms with E-state index in [1.165, 1.54) is 12.1 Å². The maximum Gasteiger partial charge on any atom is 0.325 e. The zero-order chi connectivity index (χ0) is 13.4. The van der Waals surface area contributed by atoms with Crippen molar-refractivity contribution >= 4 is 11.9 Å². The van der Waals surface area contributed by atoms with Crippen molar-refractivity contribution in [2.45, 2.75) is 19.8 Å². The van der Waals surface area contributed by atoms with Crippen LogP contribution in [0.2, 0.25) is 0 Å². The van der Waals surface area contributed by atoms with Crippen molar-refractivity contribution in [2.75, 3.05) is 13.2 Å². The molecule has 1 amide bonds. The lowest BCUT2D eigenvalue weighted by Crippen LogP contribution is -2.30. The number of benzene rings is 1. The van der Waals surface area contributed by atoms with Gasteiger partial charge < -0.3 is 10.1 Å². The second-order valence-electron chi connectivity index (χ2n) is 3.71. The van der Waals surface area contributed by atoms with Gasteiger partial charge in [0, 0.05) is 6.42 Å². The van der Waals surface area contributed by atoms with Crippen molar-refractivity contribution in [3.05, 3.63) is 35.6 Å². The molecule has 0 saturated heterocycles. The Kier molecular flexibility index (Phi) is 5.84. The Balaban J connectivity index is 2.24. The minimum atomic E-state index is -0.451. The van der Waals surface area contributed by atoms with Crippen LogP contribution in [0.1, 0.15) is 18.9 Å². The minimum absolute atomic E-state index is 0.115. The van der Waals surface area contributed by atoms with E-state index in [0.717, 1.165) is 5.56 Å². The molecule has 18 heavy (non-hydrogen) atoms. The Morgan fingerprint density at radius 2 is 1.94 bits per heavy atom. The fourth-order valence-corrected chi connectivity index (χ4v) is 1.38. The van der Waals surface area contributed by atoms with Gasteiger partial charge in [-0.2, -0.15) is 0 Å². The number of hydrogen-bond acceptors (Lipinski definition) is 3. The number of ether oxygens (including phenoxy) is 1. The number of halogens is 1. The molecule has 0 aliphatic heterocycles. The van der Waals surface area contributed by atoms with Crippen molar-refractivity contribution in [3.63, 3.8) is 0 Å². The molecule has 4 nitrogen and oxygen atoms in total. The summed E-state index contributed by atoms with van der Waals surface area (Å²) in [5.41, 5.74) is 0.877. The van der Waals surface area contributed by atoms with Gasteiger partial charge in [-0.15, -0.1) is 0 Å². The van der Waals surface area contributed by atoms with Crippen LogP contribution in [0.4, 0.5) is 4.39 Å². The van der Waals surface area contributed by atoms with Gasteiger partial charge in [0.1, 0.15) is 12.4 Å². The molecule has 0 spiro atoms. The van der Waals surface area contributed by atoms with E-state index in [9.17, 15) is 14.0 Å². The van der Waals surface area contributed by atoms with Crippen LogP contribution < -0.4 is 5.32 Å². The summed E-state index contributed by atoms with van der Waals surface area (Å²) in [6.07, 6.45) is 0.764. The van der Waals surface area contributed by atoms with E-state index in [1.54, 1.807) is 19.1 Å². The highest BCUT2D eigenvalue weighted by molar-refractivity contribution is 5.81. The van der Waals surface area contributed by atoms with Gasteiger partial charge in [-0.25, -0.2) is 4.39 Å². The van der Waals surface area contributed by atoms with Crippen molar-refractivity contribution in [1.82, 2.24) is 5.32 Å². The molecule has 0 aliphatic rings. The van der Waals surface area contributed by atoms with E-state index in [4.69, 9.17) is 0 Å². The Labute approximate surface area is 105 Å². The van der Waals surface area contributed by atoms with Crippen LogP contribution in [0.5, 0.6) is 0 Å². The Morgan fingerprint density at radius 1 is 1.28 bits per heavy atom. The maximum absolute atomic E-state index is 12.6. The minimum Gasteiger partial charge on any atom is -0.465 e. The van der Waals surface area contributed by atoms with Gasteiger partial charge in [0.05, 0.1) is 6.61 Å². The molecule has 0 atom stereocenters. The summed E-state index contributed by atoms with van der Waals surface area (Å²) in [6, 6.07) is 5.97. The molecule has 0 saturated carbocycles. The average molecular weight is 253 g/mol. The van der Waals surface area contributed by atoms with Crippen molar-refractivity contribution < 1.29 is 18.7 Å². The highest BCUT2D eigenvalue weighted by atomic mass is 19.1. The number of carbonyl (C=O) groups excluding carboxylic acids is 2. The van der Waals surface area contributed by atoms with Crippen LogP contribution >= 0.6 is 0 Å².